The SMILES string of the molecule is OC[C@H](NC1CSc2ccccc21)c1ccccc1. The van der Waals surface area contributed by atoms with Crippen LogP contribution in [0.2, 0.25) is 0 Å². The minimum absolute atomic E-state index is 0.00189. The van der Waals surface area contributed by atoms with Crippen molar-refractivity contribution in [2.75, 3.05) is 12.4 Å². The molecule has 1 heterocycles. The number of fused-ring (bicyclic) bond motifs is 1. The molecule has 0 radical (unpaired) electrons. The molecule has 2 nitrogen and oxygen atoms in total. The first kappa shape index (κ1) is 12.7. The number of hydrogen-bond acceptors (Lipinski definition) is 3. The summed E-state index contributed by atoms with van der Waals surface area (Å²) in [5, 5.41) is 13.2. The maximum Gasteiger partial charge on any atom is 0.0626 e. The summed E-state index contributed by atoms with van der Waals surface area (Å²) in [6, 6.07) is 18.9. The normalized spacial score (nSPS) is 19.1. The van der Waals surface area contributed by atoms with Gasteiger partial charge in [0.2, 0.25) is 0 Å². The molecule has 0 fully saturated rings. The standard InChI is InChI=1S/C16H17NOS/c18-10-14(12-6-2-1-3-7-12)17-15-11-19-16-9-5-4-8-13(15)16/h1-9,14-15,17-18H,10-11H2/t14-,15?/m0/s1. The Bertz CT molecular complexity index is 543. The van der Waals surface area contributed by atoms with E-state index < -0.39 is 0 Å². The molecule has 2 aromatic rings. The zero-order valence-electron chi connectivity index (χ0n) is 10.6. The molecule has 98 valence electrons. The molecule has 2 atom stereocenters. The predicted molar refractivity (Wildman–Crippen MR) is 79.3 cm³/mol. The number of aliphatic hydroxyl groups excluding tert-OH is 1. The molecule has 1 aliphatic rings. The van der Waals surface area contributed by atoms with E-state index in [9.17, 15) is 5.11 Å². The van der Waals surface area contributed by atoms with Gasteiger partial charge in [0.25, 0.3) is 0 Å². The molecule has 19 heavy (non-hydrogen) atoms. The van der Waals surface area contributed by atoms with Gasteiger partial charge in [-0.3, -0.25) is 0 Å². The summed E-state index contributed by atoms with van der Waals surface area (Å²) < 4.78 is 0. The first-order valence-electron chi connectivity index (χ1n) is 6.52. The van der Waals surface area contributed by atoms with Crippen LogP contribution in [0.5, 0.6) is 0 Å². The van der Waals surface area contributed by atoms with Crippen LogP contribution >= 0.6 is 11.8 Å². The molecule has 0 aliphatic carbocycles. The maximum atomic E-state index is 9.62. The van der Waals surface area contributed by atoms with Crippen molar-refractivity contribution >= 4 is 11.8 Å². The summed E-state index contributed by atoms with van der Waals surface area (Å²) in [5.41, 5.74) is 2.49. The maximum absolute atomic E-state index is 9.62. The smallest absolute Gasteiger partial charge is 0.0626 e. The van der Waals surface area contributed by atoms with E-state index in [0.29, 0.717) is 6.04 Å². The van der Waals surface area contributed by atoms with Crippen molar-refractivity contribution in [1.82, 2.24) is 5.32 Å². The molecule has 3 rings (SSSR count). The predicted octanol–water partition coefficient (Wildman–Crippen LogP) is 3.16. The molecule has 3 heteroatoms. The van der Waals surface area contributed by atoms with Crippen LogP contribution in [0.1, 0.15) is 23.2 Å². The van der Waals surface area contributed by atoms with Crippen LogP contribution < -0.4 is 5.32 Å². The molecule has 0 saturated carbocycles. The number of hydrogen-bond donors (Lipinski definition) is 2. The van der Waals surface area contributed by atoms with E-state index in [1.807, 2.05) is 30.0 Å². The average Bonchev–Trinajstić information content (AvgIpc) is 2.89. The molecule has 1 unspecified atom stereocenters. The highest BCUT2D eigenvalue weighted by Gasteiger charge is 2.25. The van der Waals surface area contributed by atoms with Crippen molar-refractivity contribution in [3.63, 3.8) is 0 Å². The van der Waals surface area contributed by atoms with E-state index in [1.165, 1.54) is 10.5 Å². The second-order valence-electron chi connectivity index (χ2n) is 4.71. The quantitative estimate of drug-likeness (QED) is 0.896. The summed E-state index contributed by atoms with van der Waals surface area (Å²) in [6.07, 6.45) is 0. The lowest BCUT2D eigenvalue weighted by atomic mass is 10.0. The molecule has 0 saturated heterocycles. The molecular weight excluding hydrogens is 254 g/mol. The largest absolute Gasteiger partial charge is 0.394 e. The molecule has 0 spiro atoms. The summed E-state index contributed by atoms with van der Waals surface area (Å²) in [4.78, 5) is 1.35. The van der Waals surface area contributed by atoms with Gasteiger partial charge in [0, 0.05) is 16.7 Å². The van der Waals surface area contributed by atoms with E-state index in [2.05, 4.69) is 41.7 Å². The van der Waals surface area contributed by atoms with E-state index >= 15 is 0 Å². The number of benzene rings is 2. The van der Waals surface area contributed by atoms with Gasteiger partial charge in [-0.2, -0.15) is 0 Å². The fourth-order valence-corrected chi connectivity index (χ4v) is 3.66. The van der Waals surface area contributed by atoms with Crippen molar-refractivity contribution in [2.24, 2.45) is 0 Å². The van der Waals surface area contributed by atoms with Gasteiger partial charge in [-0.25, -0.2) is 0 Å². The summed E-state index contributed by atoms with van der Waals surface area (Å²) in [5.74, 6) is 1.03. The van der Waals surface area contributed by atoms with Crippen LogP contribution in [0.25, 0.3) is 0 Å². The Hall–Kier alpha value is -1.29. The third-order valence-electron chi connectivity index (χ3n) is 3.49. The van der Waals surface area contributed by atoms with Gasteiger partial charge >= 0.3 is 0 Å². The lowest BCUT2D eigenvalue weighted by molar-refractivity contribution is 0.236. The average molecular weight is 271 g/mol. The Kier molecular flexibility index (Phi) is 3.87. The zero-order chi connectivity index (χ0) is 13.1. The number of thioether (sulfide) groups is 1. The Balaban J connectivity index is 1.78. The van der Waals surface area contributed by atoms with Crippen LogP contribution in [-0.4, -0.2) is 17.5 Å². The van der Waals surface area contributed by atoms with E-state index in [1.54, 1.807) is 0 Å². The monoisotopic (exact) mass is 271 g/mol. The van der Waals surface area contributed by atoms with Crippen LogP contribution in [0.15, 0.2) is 59.5 Å². The highest BCUT2D eigenvalue weighted by molar-refractivity contribution is 7.99. The van der Waals surface area contributed by atoms with Gasteiger partial charge in [-0.05, 0) is 17.2 Å². The van der Waals surface area contributed by atoms with Crippen LogP contribution in [0.3, 0.4) is 0 Å². The molecule has 0 bridgehead atoms. The van der Waals surface area contributed by atoms with Crippen LogP contribution in [-0.2, 0) is 0 Å². The molecular formula is C16H17NOS. The van der Waals surface area contributed by atoms with Crippen LogP contribution in [0, 0.1) is 0 Å². The van der Waals surface area contributed by atoms with Crippen molar-refractivity contribution in [3.05, 3.63) is 65.7 Å². The first-order valence-corrected chi connectivity index (χ1v) is 7.50. The highest BCUT2D eigenvalue weighted by Crippen LogP contribution is 2.38. The van der Waals surface area contributed by atoms with Gasteiger partial charge in [0.05, 0.1) is 12.6 Å². The molecule has 0 amide bonds. The van der Waals surface area contributed by atoms with E-state index in [-0.39, 0.29) is 12.6 Å². The lowest BCUT2D eigenvalue weighted by Gasteiger charge is -2.22. The summed E-state index contributed by atoms with van der Waals surface area (Å²) in [6.45, 7) is 0.118. The number of rotatable bonds is 4. The molecule has 2 N–H and O–H groups in total. The Morgan fingerprint density at radius 3 is 2.63 bits per heavy atom. The van der Waals surface area contributed by atoms with Crippen molar-refractivity contribution < 1.29 is 5.11 Å². The Morgan fingerprint density at radius 1 is 1.11 bits per heavy atom. The second kappa shape index (κ2) is 5.78. The Morgan fingerprint density at radius 2 is 1.84 bits per heavy atom. The van der Waals surface area contributed by atoms with Crippen molar-refractivity contribution in [3.8, 4) is 0 Å². The van der Waals surface area contributed by atoms with Crippen molar-refractivity contribution in [2.45, 2.75) is 17.0 Å². The summed E-state index contributed by atoms with van der Waals surface area (Å²) in [7, 11) is 0. The molecule has 2 aromatic carbocycles. The fourth-order valence-electron chi connectivity index (χ4n) is 2.48. The van der Waals surface area contributed by atoms with Crippen molar-refractivity contribution in [1.29, 1.82) is 0 Å². The Labute approximate surface area is 117 Å². The van der Waals surface area contributed by atoms with Crippen LogP contribution in [0.4, 0.5) is 0 Å². The van der Waals surface area contributed by atoms with E-state index in [0.717, 1.165) is 11.3 Å². The fraction of sp³-hybridized carbons (Fsp3) is 0.250. The highest BCUT2D eigenvalue weighted by atomic mass is 32.2. The topological polar surface area (TPSA) is 32.3 Å². The lowest BCUT2D eigenvalue weighted by Crippen LogP contribution is -2.28. The molecule has 0 aromatic heterocycles. The summed E-state index contributed by atoms with van der Waals surface area (Å²) >= 11 is 1.88. The van der Waals surface area contributed by atoms with Gasteiger partial charge in [-0.1, -0.05) is 48.5 Å². The number of nitrogens with one attached hydrogen (secondary N) is 1. The molecule has 1 aliphatic heterocycles. The van der Waals surface area contributed by atoms with Gasteiger partial charge < -0.3 is 10.4 Å². The minimum Gasteiger partial charge on any atom is -0.394 e. The first-order chi connectivity index (χ1) is 9.38. The second-order valence-corrected chi connectivity index (χ2v) is 5.78. The third kappa shape index (κ3) is 2.68. The van der Waals surface area contributed by atoms with Gasteiger partial charge in [0.1, 0.15) is 0 Å². The zero-order valence-corrected chi connectivity index (χ0v) is 11.4. The minimum atomic E-state index is -0.00189. The third-order valence-corrected chi connectivity index (χ3v) is 4.67. The van der Waals surface area contributed by atoms with E-state index in [4.69, 9.17) is 0 Å². The van der Waals surface area contributed by atoms with Gasteiger partial charge in [0.15, 0.2) is 0 Å². The van der Waals surface area contributed by atoms with Gasteiger partial charge in [-0.15, -0.1) is 11.8 Å². The number of aliphatic hydroxyl groups is 1.